The van der Waals surface area contributed by atoms with Gasteiger partial charge in [0.1, 0.15) is 0 Å². The van der Waals surface area contributed by atoms with E-state index < -0.39 is 7.55 Å². The van der Waals surface area contributed by atoms with Crippen molar-refractivity contribution >= 4 is 18.6 Å². The highest BCUT2D eigenvalue weighted by Gasteiger charge is 2.19. The fourth-order valence-electron chi connectivity index (χ4n) is 0.441. The van der Waals surface area contributed by atoms with Gasteiger partial charge in [-0.2, -0.15) is 0 Å². The first-order valence-corrected chi connectivity index (χ1v) is 6.48. The monoisotopic (exact) mass is 152 g/mol. The first-order chi connectivity index (χ1) is 3.62. The maximum Gasteiger partial charge on any atom is 0.236 e. The summed E-state index contributed by atoms with van der Waals surface area (Å²) in [5, 5.41) is 0. The molecule has 0 saturated carbocycles. The maximum absolute atomic E-state index is 5.92. The lowest BCUT2D eigenvalue weighted by molar-refractivity contribution is 0.965. The van der Waals surface area contributed by atoms with Gasteiger partial charge in [-0.15, -0.1) is 11.1 Å². The van der Waals surface area contributed by atoms with Crippen LogP contribution in [0.4, 0.5) is 0 Å². The lowest BCUT2D eigenvalue weighted by Gasteiger charge is -2.16. The highest BCUT2D eigenvalue weighted by molar-refractivity contribution is 7.18. The standard InChI is InChI=1S/C4H13ClN2Si/c1-3-7-8(2,5)4-6/h7H,3-4,6H2,1-2H3. The fraction of sp³-hybridized carbons (Fsp3) is 1.00. The Bertz CT molecular complexity index is 67.1. The number of halogens is 1. The third-order valence-electron chi connectivity index (χ3n) is 0.929. The molecule has 4 heteroatoms. The van der Waals surface area contributed by atoms with Gasteiger partial charge in [-0.1, -0.05) is 6.92 Å². The van der Waals surface area contributed by atoms with E-state index in [9.17, 15) is 0 Å². The Balaban J connectivity index is 3.37. The van der Waals surface area contributed by atoms with Crippen LogP contribution in [0.25, 0.3) is 0 Å². The zero-order chi connectivity index (χ0) is 6.62. The third kappa shape index (κ3) is 3.43. The van der Waals surface area contributed by atoms with Crippen LogP contribution in [-0.2, 0) is 0 Å². The number of hydrogen-bond donors (Lipinski definition) is 2. The molecule has 0 bridgehead atoms. The summed E-state index contributed by atoms with van der Waals surface area (Å²) in [7, 11) is -1.68. The molecule has 0 aliphatic rings. The Hall–Kier alpha value is 0.427. The van der Waals surface area contributed by atoms with E-state index in [0.29, 0.717) is 6.17 Å². The number of rotatable bonds is 3. The zero-order valence-corrected chi connectivity index (χ0v) is 7.13. The predicted octanol–water partition coefficient (Wildman–Crippen LogP) is 0.405. The van der Waals surface area contributed by atoms with Gasteiger partial charge in [-0.05, 0) is 13.1 Å². The summed E-state index contributed by atoms with van der Waals surface area (Å²) in [4.78, 5) is 3.15. The molecule has 50 valence electrons. The molecule has 0 saturated heterocycles. The molecule has 3 N–H and O–H groups in total. The topological polar surface area (TPSA) is 38.0 Å². The molecule has 8 heavy (non-hydrogen) atoms. The predicted molar refractivity (Wildman–Crippen MR) is 40.2 cm³/mol. The largest absolute Gasteiger partial charge is 0.330 e. The molecule has 0 aliphatic carbocycles. The smallest absolute Gasteiger partial charge is 0.236 e. The van der Waals surface area contributed by atoms with Crippen molar-refractivity contribution in [2.75, 3.05) is 12.7 Å². The minimum atomic E-state index is -1.68. The van der Waals surface area contributed by atoms with Crippen molar-refractivity contribution in [3.05, 3.63) is 0 Å². The molecule has 0 spiro atoms. The lowest BCUT2D eigenvalue weighted by atomic mass is 10.8. The summed E-state index contributed by atoms with van der Waals surface area (Å²) >= 11 is 5.92. The number of nitrogens with one attached hydrogen (secondary N) is 1. The van der Waals surface area contributed by atoms with E-state index in [0.717, 1.165) is 6.54 Å². The molecular weight excluding hydrogens is 140 g/mol. The SMILES string of the molecule is CCN[Si](C)(Cl)CN. The van der Waals surface area contributed by atoms with Gasteiger partial charge in [0, 0.05) is 6.17 Å². The third-order valence-corrected chi connectivity index (χ3v) is 3.65. The van der Waals surface area contributed by atoms with Gasteiger partial charge in [0.2, 0.25) is 7.55 Å². The van der Waals surface area contributed by atoms with Crippen molar-refractivity contribution in [2.45, 2.75) is 13.5 Å². The highest BCUT2D eigenvalue weighted by Crippen LogP contribution is 1.98. The van der Waals surface area contributed by atoms with Crippen LogP contribution in [0.2, 0.25) is 6.55 Å². The number of nitrogens with two attached hydrogens (primary N) is 1. The van der Waals surface area contributed by atoms with Gasteiger partial charge in [0.15, 0.2) is 0 Å². The number of hydrogen-bond acceptors (Lipinski definition) is 2. The average molecular weight is 153 g/mol. The van der Waals surface area contributed by atoms with Gasteiger partial charge >= 0.3 is 0 Å². The Morgan fingerprint density at radius 3 is 2.38 bits per heavy atom. The maximum atomic E-state index is 5.92. The van der Waals surface area contributed by atoms with E-state index in [2.05, 4.69) is 4.98 Å². The van der Waals surface area contributed by atoms with Crippen LogP contribution in [0.1, 0.15) is 6.92 Å². The Labute approximate surface area is 56.2 Å². The van der Waals surface area contributed by atoms with Crippen LogP contribution in [0.5, 0.6) is 0 Å². The summed E-state index contributed by atoms with van der Waals surface area (Å²) < 4.78 is 0. The van der Waals surface area contributed by atoms with Crippen LogP contribution in [0, 0.1) is 0 Å². The minimum Gasteiger partial charge on any atom is -0.330 e. The minimum absolute atomic E-state index is 0.600. The highest BCUT2D eigenvalue weighted by atomic mass is 35.6. The summed E-state index contributed by atoms with van der Waals surface area (Å²) in [6, 6.07) is 0. The van der Waals surface area contributed by atoms with E-state index in [1.807, 2.05) is 13.5 Å². The van der Waals surface area contributed by atoms with Gasteiger partial charge in [0.25, 0.3) is 0 Å². The van der Waals surface area contributed by atoms with Crippen molar-refractivity contribution in [2.24, 2.45) is 5.73 Å². The molecule has 0 fully saturated rings. The molecule has 0 radical (unpaired) electrons. The molecule has 1 atom stereocenters. The second kappa shape index (κ2) is 3.45. The molecule has 0 rings (SSSR count). The second-order valence-corrected chi connectivity index (χ2v) is 7.59. The van der Waals surface area contributed by atoms with E-state index in [1.165, 1.54) is 0 Å². The van der Waals surface area contributed by atoms with E-state index in [-0.39, 0.29) is 0 Å². The van der Waals surface area contributed by atoms with Crippen molar-refractivity contribution < 1.29 is 0 Å². The summed E-state index contributed by atoms with van der Waals surface area (Å²) in [5.74, 6) is 0. The van der Waals surface area contributed by atoms with E-state index in [4.69, 9.17) is 16.8 Å². The van der Waals surface area contributed by atoms with Gasteiger partial charge in [0.05, 0.1) is 0 Å². The molecular formula is C4H13ClN2Si. The van der Waals surface area contributed by atoms with Crippen LogP contribution in [0.15, 0.2) is 0 Å². The summed E-state index contributed by atoms with van der Waals surface area (Å²) in [6.45, 7) is 4.95. The van der Waals surface area contributed by atoms with Crippen molar-refractivity contribution in [1.82, 2.24) is 4.98 Å². The molecule has 1 unspecified atom stereocenters. The molecule has 0 heterocycles. The normalized spacial score (nSPS) is 18.0. The van der Waals surface area contributed by atoms with Crippen LogP contribution in [-0.4, -0.2) is 20.3 Å². The van der Waals surface area contributed by atoms with Crippen molar-refractivity contribution in [3.63, 3.8) is 0 Å². The van der Waals surface area contributed by atoms with E-state index >= 15 is 0 Å². The first kappa shape index (κ1) is 8.43. The Morgan fingerprint density at radius 1 is 1.75 bits per heavy atom. The molecule has 0 amide bonds. The van der Waals surface area contributed by atoms with Gasteiger partial charge in [-0.25, -0.2) is 0 Å². The average Bonchev–Trinajstić information content (AvgIpc) is 1.67. The van der Waals surface area contributed by atoms with Crippen LogP contribution < -0.4 is 10.7 Å². The summed E-state index contributed by atoms with van der Waals surface area (Å²) in [5.41, 5.74) is 5.36. The second-order valence-electron chi connectivity index (χ2n) is 1.93. The van der Waals surface area contributed by atoms with E-state index in [1.54, 1.807) is 0 Å². The molecule has 0 aromatic carbocycles. The lowest BCUT2D eigenvalue weighted by Crippen LogP contribution is -2.49. The van der Waals surface area contributed by atoms with Crippen molar-refractivity contribution in [1.29, 1.82) is 0 Å². The quantitative estimate of drug-likeness (QED) is 0.454. The zero-order valence-electron chi connectivity index (χ0n) is 5.37. The van der Waals surface area contributed by atoms with Crippen LogP contribution in [0.3, 0.4) is 0 Å². The molecule has 0 aromatic heterocycles. The van der Waals surface area contributed by atoms with Gasteiger partial charge < -0.3 is 10.7 Å². The Kier molecular flexibility index (Phi) is 3.64. The first-order valence-electron chi connectivity index (χ1n) is 2.76. The summed E-state index contributed by atoms with van der Waals surface area (Å²) in [6.07, 6.45) is 0.600. The fourth-order valence-corrected chi connectivity index (χ4v) is 1.72. The van der Waals surface area contributed by atoms with Crippen LogP contribution >= 0.6 is 11.1 Å². The Morgan fingerprint density at radius 2 is 2.25 bits per heavy atom. The van der Waals surface area contributed by atoms with Gasteiger partial charge in [-0.3, -0.25) is 0 Å². The van der Waals surface area contributed by atoms with Crippen molar-refractivity contribution in [3.8, 4) is 0 Å². The molecule has 0 aliphatic heterocycles. The molecule has 0 aromatic rings. The molecule has 2 nitrogen and oxygen atoms in total.